The number of hydrogen-bond acceptors (Lipinski definition) is 4. The van der Waals surface area contributed by atoms with Crippen LogP contribution in [-0.4, -0.2) is 21.5 Å². The van der Waals surface area contributed by atoms with E-state index in [0.717, 1.165) is 28.0 Å². The molecule has 4 rings (SSSR count). The van der Waals surface area contributed by atoms with Crippen molar-refractivity contribution in [3.8, 4) is 17.0 Å². The molecule has 0 radical (unpaired) electrons. The molecule has 4 aromatic rings. The minimum Gasteiger partial charge on any atom is -0.497 e. The molecule has 0 saturated carbocycles. The highest BCUT2D eigenvalue weighted by Gasteiger charge is 2.11. The van der Waals surface area contributed by atoms with Gasteiger partial charge >= 0.3 is 0 Å². The van der Waals surface area contributed by atoms with Crippen LogP contribution in [0, 0.1) is 0 Å². The Morgan fingerprint density at radius 3 is 2.55 bits per heavy atom. The van der Waals surface area contributed by atoms with E-state index in [1.54, 1.807) is 7.11 Å². The average molecular weight is 290 g/mol. The van der Waals surface area contributed by atoms with Crippen LogP contribution in [0.15, 0.2) is 54.7 Å². The van der Waals surface area contributed by atoms with E-state index in [1.165, 1.54) is 0 Å². The van der Waals surface area contributed by atoms with E-state index < -0.39 is 0 Å². The minimum absolute atomic E-state index is 0.429. The van der Waals surface area contributed by atoms with Crippen molar-refractivity contribution in [1.82, 2.24) is 14.4 Å². The van der Waals surface area contributed by atoms with Gasteiger partial charge in [0.25, 0.3) is 0 Å². The first-order chi connectivity index (χ1) is 10.8. The summed E-state index contributed by atoms with van der Waals surface area (Å²) in [6.45, 7) is 0. The predicted octanol–water partition coefficient (Wildman–Crippen LogP) is 3.14. The summed E-state index contributed by atoms with van der Waals surface area (Å²) in [6, 6.07) is 15.7. The molecule has 2 aromatic carbocycles. The number of para-hydroxylation sites is 2. The number of nitrogen functional groups attached to an aromatic ring is 1. The first kappa shape index (κ1) is 12.6. The zero-order valence-electron chi connectivity index (χ0n) is 12.0. The van der Waals surface area contributed by atoms with E-state index in [0.29, 0.717) is 11.5 Å². The standard InChI is InChI=1S/C17H14N4O/c1-22-12-8-6-11(7-9-12)14-10-21-15-5-3-2-4-13(15)19-16(18)17(21)20-14/h2-10H,1H3,(H2,18,19). The summed E-state index contributed by atoms with van der Waals surface area (Å²) < 4.78 is 7.17. The van der Waals surface area contributed by atoms with Crippen LogP contribution in [0.25, 0.3) is 27.9 Å². The Kier molecular flexibility index (Phi) is 2.72. The normalized spacial score (nSPS) is 11.1. The van der Waals surface area contributed by atoms with Crippen LogP contribution in [0.5, 0.6) is 5.75 Å². The van der Waals surface area contributed by atoms with Crippen molar-refractivity contribution < 1.29 is 4.74 Å². The zero-order valence-corrected chi connectivity index (χ0v) is 12.0. The molecule has 0 aliphatic rings. The number of ether oxygens (including phenoxy) is 1. The third kappa shape index (κ3) is 1.87. The van der Waals surface area contributed by atoms with Crippen LogP contribution in [0.4, 0.5) is 5.82 Å². The lowest BCUT2D eigenvalue weighted by Crippen LogP contribution is -1.97. The fourth-order valence-electron chi connectivity index (χ4n) is 2.59. The van der Waals surface area contributed by atoms with E-state index in [1.807, 2.05) is 59.1 Å². The molecule has 0 unspecified atom stereocenters. The van der Waals surface area contributed by atoms with Gasteiger partial charge in [-0.3, -0.25) is 4.40 Å². The second kappa shape index (κ2) is 4.73. The number of rotatable bonds is 2. The first-order valence-electron chi connectivity index (χ1n) is 6.94. The van der Waals surface area contributed by atoms with Crippen molar-refractivity contribution in [3.63, 3.8) is 0 Å². The summed E-state index contributed by atoms with van der Waals surface area (Å²) in [5, 5.41) is 0. The van der Waals surface area contributed by atoms with Crippen LogP contribution in [0.3, 0.4) is 0 Å². The molecule has 22 heavy (non-hydrogen) atoms. The Morgan fingerprint density at radius 2 is 1.77 bits per heavy atom. The second-order valence-corrected chi connectivity index (χ2v) is 5.03. The lowest BCUT2D eigenvalue weighted by Gasteiger charge is -2.02. The minimum atomic E-state index is 0.429. The van der Waals surface area contributed by atoms with Crippen molar-refractivity contribution in [1.29, 1.82) is 0 Å². The van der Waals surface area contributed by atoms with Crippen LogP contribution >= 0.6 is 0 Å². The maximum atomic E-state index is 6.04. The second-order valence-electron chi connectivity index (χ2n) is 5.03. The lowest BCUT2D eigenvalue weighted by molar-refractivity contribution is 0.415. The van der Waals surface area contributed by atoms with Crippen LogP contribution in [0.2, 0.25) is 0 Å². The average Bonchev–Trinajstić information content (AvgIpc) is 3.01. The molecule has 108 valence electrons. The molecule has 0 spiro atoms. The summed E-state index contributed by atoms with van der Waals surface area (Å²) in [6.07, 6.45) is 1.98. The predicted molar refractivity (Wildman–Crippen MR) is 86.9 cm³/mol. The van der Waals surface area contributed by atoms with E-state index >= 15 is 0 Å². The Labute approximate surface area is 127 Å². The number of nitrogens with zero attached hydrogens (tertiary/aromatic N) is 3. The highest BCUT2D eigenvalue weighted by atomic mass is 16.5. The maximum Gasteiger partial charge on any atom is 0.180 e. The molecular formula is C17H14N4O. The third-order valence-corrected chi connectivity index (χ3v) is 3.70. The molecule has 0 saturated heterocycles. The molecule has 5 nitrogen and oxygen atoms in total. The van der Waals surface area contributed by atoms with Crippen LogP contribution in [0.1, 0.15) is 0 Å². The van der Waals surface area contributed by atoms with Gasteiger partial charge in [0.05, 0.1) is 23.8 Å². The first-order valence-corrected chi connectivity index (χ1v) is 6.94. The van der Waals surface area contributed by atoms with E-state index in [-0.39, 0.29) is 0 Å². The molecule has 2 heterocycles. The molecule has 5 heteroatoms. The molecule has 2 aromatic heterocycles. The Balaban J connectivity index is 1.96. The number of anilines is 1. The van der Waals surface area contributed by atoms with Crippen molar-refractivity contribution in [2.45, 2.75) is 0 Å². The van der Waals surface area contributed by atoms with Crippen LogP contribution < -0.4 is 10.5 Å². The quantitative estimate of drug-likeness (QED) is 0.616. The van der Waals surface area contributed by atoms with Gasteiger partial charge in [-0.2, -0.15) is 0 Å². The van der Waals surface area contributed by atoms with Gasteiger partial charge in [0.1, 0.15) is 5.75 Å². The molecule has 0 aliphatic heterocycles. The van der Waals surface area contributed by atoms with Gasteiger partial charge in [-0.05, 0) is 36.4 Å². The summed E-state index contributed by atoms with van der Waals surface area (Å²) in [5.74, 6) is 1.25. The number of nitrogens with two attached hydrogens (primary N) is 1. The van der Waals surface area contributed by atoms with Gasteiger partial charge in [-0.25, -0.2) is 9.97 Å². The van der Waals surface area contributed by atoms with Crippen molar-refractivity contribution in [2.75, 3.05) is 12.8 Å². The van der Waals surface area contributed by atoms with Gasteiger partial charge < -0.3 is 10.5 Å². The molecule has 0 atom stereocenters. The van der Waals surface area contributed by atoms with Gasteiger partial charge in [-0.1, -0.05) is 12.1 Å². The topological polar surface area (TPSA) is 65.4 Å². The van der Waals surface area contributed by atoms with Gasteiger partial charge in [0.15, 0.2) is 11.5 Å². The fourth-order valence-corrected chi connectivity index (χ4v) is 2.59. The van der Waals surface area contributed by atoms with Gasteiger partial charge in [0.2, 0.25) is 0 Å². The number of imidazole rings is 1. The van der Waals surface area contributed by atoms with Crippen molar-refractivity contribution in [3.05, 3.63) is 54.7 Å². The molecule has 0 fully saturated rings. The highest BCUT2D eigenvalue weighted by Crippen LogP contribution is 2.26. The highest BCUT2D eigenvalue weighted by molar-refractivity contribution is 5.83. The number of fused-ring (bicyclic) bond motifs is 3. The van der Waals surface area contributed by atoms with Gasteiger partial charge in [0, 0.05) is 11.8 Å². The number of hydrogen-bond donors (Lipinski definition) is 1. The van der Waals surface area contributed by atoms with E-state index in [4.69, 9.17) is 10.5 Å². The molecule has 0 aliphatic carbocycles. The summed E-state index contributed by atoms with van der Waals surface area (Å²) >= 11 is 0. The molecular weight excluding hydrogens is 276 g/mol. The summed E-state index contributed by atoms with van der Waals surface area (Å²) in [7, 11) is 1.65. The van der Waals surface area contributed by atoms with Gasteiger partial charge in [-0.15, -0.1) is 0 Å². The Bertz CT molecular complexity index is 973. The monoisotopic (exact) mass is 290 g/mol. The number of methoxy groups -OCH3 is 1. The lowest BCUT2D eigenvalue weighted by atomic mass is 10.2. The molecule has 0 bridgehead atoms. The Morgan fingerprint density at radius 1 is 1.00 bits per heavy atom. The zero-order chi connectivity index (χ0) is 15.1. The van der Waals surface area contributed by atoms with Crippen LogP contribution in [-0.2, 0) is 0 Å². The smallest absolute Gasteiger partial charge is 0.180 e. The Hall–Kier alpha value is -3.08. The SMILES string of the molecule is COc1ccc(-c2cn3c(n2)c(N)nc2ccccc23)cc1. The molecule has 2 N–H and O–H groups in total. The van der Waals surface area contributed by atoms with E-state index in [2.05, 4.69) is 9.97 Å². The third-order valence-electron chi connectivity index (χ3n) is 3.70. The van der Waals surface area contributed by atoms with Crippen molar-refractivity contribution in [2.24, 2.45) is 0 Å². The summed E-state index contributed by atoms with van der Waals surface area (Å²) in [5.41, 5.74) is 10.4. The largest absolute Gasteiger partial charge is 0.497 e. The summed E-state index contributed by atoms with van der Waals surface area (Å²) in [4.78, 5) is 9.04. The number of benzene rings is 2. The fraction of sp³-hybridized carbons (Fsp3) is 0.0588. The van der Waals surface area contributed by atoms with Crippen molar-refractivity contribution >= 4 is 22.5 Å². The maximum absolute atomic E-state index is 6.04. The molecule has 0 amide bonds. The number of aromatic nitrogens is 3. The van der Waals surface area contributed by atoms with E-state index in [9.17, 15) is 0 Å².